The summed E-state index contributed by atoms with van der Waals surface area (Å²) in [6.07, 6.45) is 13.6. The molecule has 4 aromatic rings. The molecular weight excluding hydrogens is 542 g/mol. The maximum atomic E-state index is 3.88. The van der Waals surface area contributed by atoms with E-state index in [4.69, 9.17) is 0 Å². The van der Waals surface area contributed by atoms with Crippen LogP contribution in [0.2, 0.25) is 0 Å². The molecule has 2 aliphatic rings. The number of hydrogen-bond donors (Lipinski definition) is 1. The van der Waals surface area contributed by atoms with Gasteiger partial charge in [0, 0.05) is 11.4 Å². The molecule has 0 aliphatic heterocycles. The topological polar surface area (TPSA) is 12.0 Å². The molecule has 6 rings (SSSR count). The Morgan fingerprint density at radius 1 is 0.422 bits per heavy atom. The summed E-state index contributed by atoms with van der Waals surface area (Å²) >= 11 is 0. The fourth-order valence-corrected chi connectivity index (χ4v) is 7.53. The van der Waals surface area contributed by atoms with Crippen LogP contribution in [0.1, 0.15) is 140 Å². The predicted octanol–water partition coefficient (Wildman–Crippen LogP) is 13.5. The summed E-state index contributed by atoms with van der Waals surface area (Å²) in [5, 5.41) is 3.88. The Bertz CT molecular complexity index is 1450. The van der Waals surface area contributed by atoms with Crippen LogP contribution in [0.5, 0.6) is 0 Å². The van der Waals surface area contributed by atoms with Crippen molar-refractivity contribution in [3.63, 3.8) is 0 Å². The van der Waals surface area contributed by atoms with Crippen molar-refractivity contribution in [1.29, 1.82) is 0 Å². The van der Waals surface area contributed by atoms with Crippen LogP contribution in [0.4, 0.5) is 11.4 Å². The first-order valence-corrected chi connectivity index (χ1v) is 17.8. The third-order valence-corrected chi connectivity index (χ3v) is 10.5. The molecule has 0 atom stereocenters. The Kier molecular flexibility index (Phi) is 9.28. The van der Waals surface area contributed by atoms with Crippen LogP contribution in [-0.2, 0) is 10.8 Å². The molecule has 1 N–H and O–H groups in total. The molecule has 0 radical (unpaired) electrons. The lowest BCUT2D eigenvalue weighted by Gasteiger charge is -2.26. The molecule has 0 spiro atoms. The average molecular weight is 598 g/mol. The molecule has 4 aromatic carbocycles. The second-order valence-electron chi connectivity index (χ2n) is 16.1. The molecule has 0 unspecified atom stereocenters. The van der Waals surface area contributed by atoms with Crippen molar-refractivity contribution in [3.8, 4) is 22.3 Å². The highest BCUT2D eigenvalue weighted by molar-refractivity contribution is 5.80. The van der Waals surface area contributed by atoms with Gasteiger partial charge in [-0.1, -0.05) is 135 Å². The van der Waals surface area contributed by atoms with Gasteiger partial charge in [0.05, 0.1) is 0 Å². The molecule has 0 heterocycles. The Morgan fingerprint density at radius 3 is 1.18 bits per heavy atom. The quantitative estimate of drug-likeness (QED) is 0.233. The first-order chi connectivity index (χ1) is 21.5. The van der Waals surface area contributed by atoms with Crippen LogP contribution >= 0.6 is 0 Å². The van der Waals surface area contributed by atoms with Gasteiger partial charge in [0.2, 0.25) is 0 Å². The normalized spacial score (nSPS) is 16.9. The number of anilines is 2. The number of hydrogen-bond acceptors (Lipinski definition) is 1. The van der Waals surface area contributed by atoms with E-state index in [2.05, 4.69) is 132 Å². The molecule has 0 aromatic heterocycles. The molecule has 1 heteroatoms. The Labute approximate surface area is 273 Å². The molecule has 236 valence electrons. The van der Waals surface area contributed by atoms with E-state index in [0.717, 1.165) is 23.2 Å². The van der Waals surface area contributed by atoms with E-state index in [9.17, 15) is 0 Å². The largest absolute Gasteiger partial charge is 0.355 e. The Balaban J connectivity index is 1.38. The van der Waals surface area contributed by atoms with Gasteiger partial charge in [0.25, 0.3) is 0 Å². The Hall–Kier alpha value is -3.32. The van der Waals surface area contributed by atoms with Gasteiger partial charge >= 0.3 is 0 Å². The highest BCUT2D eigenvalue weighted by atomic mass is 14.9. The first-order valence-electron chi connectivity index (χ1n) is 17.8. The zero-order chi connectivity index (χ0) is 31.6. The minimum absolute atomic E-state index is 0.0743. The SMILES string of the molecule is CC(C)(C)c1cc(Nc2cc(-c3ccc(C4CCCCC4)cc3)cc(-c3ccc(C4CCCCC4)cc3)c2)cc(C(C)(C)C)c1. The lowest BCUT2D eigenvalue weighted by Crippen LogP contribution is -2.16. The smallest absolute Gasteiger partial charge is 0.0396 e. The maximum Gasteiger partial charge on any atom is 0.0396 e. The van der Waals surface area contributed by atoms with Gasteiger partial charge < -0.3 is 5.32 Å². The zero-order valence-corrected chi connectivity index (χ0v) is 28.8. The number of benzene rings is 4. The van der Waals surface area contributed by atoms with Gasteiger partial charge in [-0.05, 0) is 123 Å². The van der Waals surface area contributed by atoms with Gasteiger partial charge in [0.15, 0.2) is 0 Å². The van der Waals surface area contributed by atoms with Crippen molar-refractivity contribution in [2.45, 2.75) is 128 Å². The molecule has 2 saturated carbocycles. The highest BCUT2D eigenvalue weighted by Crippen LogP contribution is 2.39. The van der Waals surface area contributed by atoms with Gasteiger partial charge in [-0.3, -0.25) is 0 Å². The van der Waals surface area contributed by atoms with Gasteiger partial charge in [0.1, 0.15) is 0 Å². The van der Waals surface area contributed by atoms with Gasteiger partial charge in [-0.2, -0.15) is 0 Å². The summed E-state index contributed by atoms with van der Waals surface area (Å²) in [5.74, 6) is 1.46. The van der Waals surface area contributed by atoms with E-state index in [0.29, 0.717) is 0 Å². The van der Waals surface area contributed by atoms with Crippen LogP contribution in [0, 0.1) is 0 Å². The zero-order valence-electron chi connectivity index (χ0n) is 28.8. The van der Waals surface area contributed by atoms with Crippen LogP contribution in [0.15, 0.2) is 84.9 Å². The van der Waals surface area contributed by atoms with Crippen molar-refractivity contribution >= 4 is 11.4 Å². The summed E-state index contributed by atoms with van der Waals surface area (Å²) in [6, 6.07) is 33.2. The van der Waals surface area contributed by atoms with Gasteiger partial charge in [-0.25, -0.2) is 0 Å². The standard InChI is InChI=1S/C44H55N/c1-43(2,3)39-28-40(44(4,5)6)30-42(29-39)45-41-26-37(35-21-17-33(18-22-35)31-13-9-7-10-14-31)25-38(27-41)36-23-19-34(20-24-36)32-15-11-8-12-16-32/h17-32,45H,7-16H2,1-6H3. The van der Waals surface area contributed by atoms with Crippen LogP contribution in [-0.4, -0.2) is 0 Å². The van der Waals surface area contributed by atoms with Crippen molar-refractivity contribution < 1.29 is 0 Å². The minimum Gasteiger partial charge on any atom is -0.355 e. The molecule has 2 aliphatic carbocycles. The van der Waals surface area contributed by atoms with E-state index in [1.165, 1.54) is 109 Å². The van der Waals surface area contributed by atoms with E-state index in [1.54, 1.807) is 0 Å². The van der Waals surface area contributed by atoms with Crippen molar-refractivity contribution in [2.24, 2.45) is 0 Å². The third kappa shape index (κ3) is 7.74. The van der Waals surface area contributed by atoms with Crippen LogP contribution in [0.3, 0.4) is 0 Å². The fraction of sp³-hybridized carbons (Fsp3) is 0.455. The predicted molar refractivity (Wildman–Crippen MR) is 196 cm³/mol. The summed E-state index contributed by atoms with van der Waals surface area (Å²) in [7, 11) is 0. The molecule has 1 nitrogen and oxygen atoms in total. The van der Waals surface area contributed by atoms with E-state index in [-0.39, 0.29) is 10.8 Å². The summed E-state index contributed by atoms with van der Waals surface area (Å²) in [6.45, 7) is 13.9. The van der Waals surface area contributed by atoms with Gasteiger partial charge in [-0.15, -0.1) is 0 Å². The third-order valence-electron chi connectivity index (χ3n) is 10.5. The second-order valence-corrected chi connectivity index (χ2v) is 16.1. The van der Waals surface area contributed by atoms with Crippen LogP contribution < -0.4 is 5.32 Å². The van der Waals surface area contributed by atoms with Crippen molar-refractivity contribution in [3.05, 3.63) is 107 Å². The van der Waals surface area contributed by atoms with Crippen LogP contribution in [0.25, 0.3) is 22.3 Å². The molecule has 0 saturated heterocycles. The van der Waals surface area contributed by atoms with E-state index in [1.807, 2.05) is 0 Å². The Morgan fingerprint density at radius 2 is 0.800 bits per heavy atom. The molecule has 2 fully saturated rings. The summed E-state index contributed by atoms with van der Waals surface area (Å²) in [5.41, 5.74) is 13.3. The summed E-state index contributed by atoms with van der Waals surface area (Å²) in [4.78, 5) is 0. The monoisotopic (exact) mass is 597 g/mol. The molecular formula is C44H55N. The van der Waals surface area contributed by atoms with Crippen molar-refractivity contribution in [2.75, 3.05) is 5.32 Å². The van der Waals surface area contributed by atoms with E-state index < -0.39 is 0 Å². The molecule has 45 heavy (non-hydrogen) atoms. The molecule has 0 amide bonds. The minimum atomic E-state index is 0.0743. The number of nitrogens with one attached hydrogen (secondary N) is 1. The first kappa shape index (κ1) is 31.7. The average Bonchev–Trinajstić information content (AvgIpc) is 3.05. The lowest BCUT2D eigenvalue weighted by molar-refractivity contribution is 0.443. The summed E-state index contributed by atoms with van der Waals surface area (Å²) < 4.78 is 0. The molecule has 0 bridgehead atoms. The number of rotatable bonds is 6. The lowest BCUT2D eigenvalue weighted by atomic mass is 9.80. The van der Waals surface area contributed by atoms with E-state index >= 15 is 0 Å². The maximum absolute atomic E-state index is 3.88. The van der Waals surface area contributed by atoms with Crippen molar-refractivity contribution in [1.82, 2.24) is 0 Å². The highest BCUT2D eigenvalue weighted by Gasteiger charge is 2.21. The second kappa shape index (κ2) is 13.2. The fourth-order valence-electron chi connectivity index (χ4n) is 7.53.